The van der Waals surface area contributed by atoms with Gasteiger partial charge in [0.1, 0.15) is 6.33 Å². The largest absolute Gasteiger partial charge is 0.490 e. The molecular formula is C12H22N4O2. The van der Waals surface area contributed by atoms with Gasteiger partial charge in [0.25, 0.3) is 0 Å². The van der Waals surface area contributed by atoms with Crippen LogP contribution >= 0.6 is 0 Å². The lowest BCUT2D eigenvalue weighted by molar-refractivity contribution is 0.154. The van der Waals surface area contributed by atoms with Gasteiger partial charge < -0.3 is 19.7 Å². The van der Waals surface area contributed by atoms with Crippen molar-refractivity contribution in [1.29, 1.82) is 0 Å². The van der Waals surface area contributed by atoms with E-state index in [0.29, 0.717) is 18.2 Å². The average Bonchev–Trinajstić information content (AvgIpc) is 2.42. The minimum atomic E-state index is 0.665. The van der Waals surface area contributed by atoms with Crippen LogP contribution in [0.4, 0.5) is 11.6 Å². The van der Waals surface area contributed by atoms with Gasteiger partial charge in [-0.25, -0.2) is 9.97 Å². The summed E-state index contributed by atoms with van der Waals surface area (Å²) in [6.07, 6.45) is 1.53. The molecule has 1 rings (SSSR count). The van der Waals surface area contributed by atoms with Crippen LogP contribution in [0.15, 0.2) is 6.33 Å². The molecule has 0 aliphatic rings. The molecule has 0 aliphatic carbocycles. The van der Waals surface area contributed by atoms with E-state index in [1.54, 1.807) is 7.11 Å². The Morgan fingerprint density at radius 1 is 1.33 bits per heavy atom. The molecule has 6 heteroatoms. The fourth-order valence-electron chi connectivity index (χ4n) is 1.69. The van der Waals surface area contributed by atoms with Crippen molar-refractivity contribution in [2.45, 2.75) is 13.8 Å². The molecule has 0 amide bonds. The molecule has 1 aromatic heterocycles. The summed E-state index contributed by atoms with van der Waals surface area (Å²) in [7, 11) is 3.44. The van der Waals surface area contributed by atoms with Gasteiger partial charge in [-0.2, -0.15) is 0 Å². The first-order valence-electron chi connectivity index (χ1n) is 6.17. The minimum Gasteiger partial charge on any atom is -0.490 e. The number of ether oxygens (including phenoxy) is 2. The van der Waals surface area contributed by atoms with Crippen molar-refractivity contribution < 1.29 is 9.47 Å². The van der Waals surface area contributed by atoms with Crippen molar-refractivity contribution >= 4 is 11.6 Å². The van der Waals surface area contributed by atoms with Crippen LogP contribution in [0.1, 0.15) is 13.8 Å². The highest BCUT2D eigenvalue weighted by Gasteiger charge is 2.16. The third-order valence-corrected chi connectivity index (χ3v) is 2.62. The highest BCUT2D eigenvalue weighted by atomic mass is 16.5. The Bertz CT molecular complexity index is 360. The molecule has 0 aromatic carbocycles. The van der Waals surface area contributed by atoms with Gasteiger partial charge in [-0.15, -0.1) is 0 Å². The van der Waals surface area contributed by atoms with Gasteiger partial charge in [0.15, 0.2) is 11.6 Å². The van der Waals surface area contributed by atoms with Crippen molar-refractivity contribution in [1.82, 2.24) is 9.97 Å². The molecule has 1 aromatic rings. The van der Waals surface area contributed by atoms with Crippen LogP contribution in [0.5, 0.6) is 5.75 Å². The number of hydrogen-bond acceptors (Lipinski definition) is 6. The van der Waals surface area contributed by atoms with Crippen LogP contribution in [-0.2, 0) is 4.74 Å². The van der Waals surface area contributed by atoms with E-state index in [4.69, 9.17) is 9.47 Å². The monoisotopic (exact) mass is 254 g/mol. The Morgan fingerprint density at radius 3 is 2.67 bits per heavy atom. The van der Waals surface area contributed by atoms with Crippen molar-refractivity contribution in [3.8, 4) is 5.75 Å². The van der Waals surface area contributed by atoms with E-state index in [0.717, 1.165) is 25.5 Å². The fraction of sp³-hybridized carbons (Fsp3) is 0.667. The molecule has 0 saturated heterocycles. The lowest BCUT2D eigenvalue weighted by Gasteiger charge is -2.24. The Hall–Kier alpha value is -1.56. The summed E-state index contributed by atoms with van der Waals surface area (Å²) >= 11 is 0. The first-order valence-corrected chi connectivity index (χ1v) is 6.17. The van der Waals surface area contributed by atoms with Crippen LogP contribution in [-0.4, -0.2) is 50.4 Å². The zero-order valence-corrected chi connectivity index (χ0v) is 11.6. The summed E-state index contributed by atoms with van der Waals surface area (Å²) in [4.78, 5) is 10.5. The van der Waals surface area contributed by atoms with E-state index in [2.05, 4.69) is 27.1 Å². The number of rotatable bonds is 8. The topological polar surface area (TPSA) is 59.5 Å². The highest BCUT2D eigenvalue weighted by Crippen LogP contribution is 2.31. The zero-order chi connectivity index (χ0) is 13.4. The molecule has 0 aliphatic heterocycles. The molecule has 0 atom stereocenters. The molecule has 0 unspecified atom stereocenters. The molecule has 0 saturated carbocycles. The third kappa shape index (κ3) is 3.46. The second kappa shape index (κ2) is 7.71. The predicted octanol–water partition coefficient (Wildman–Crippen LogP) is 1.39. The van der Waals surface area contributed by atoms with E-state index in [9.17, 15) is 0 Å². The van der Waals surface area contributed by atoms with Crippen LogP contribution < -0.4 is 15.0 Å². The molecule has 0 fully saturated rings. The Labute approximate surface area is 108 Å². The van der Waals surface area contributed by atoms with Crippen LogP contribution in [0.3, 0.4) is 0 Å². The molecule has 0 spiro atoms. The maximum absolute atomic E-state index is 5.39. The normalized spacial score (nSPS) is 10.2. The molecule has 18 heavy (non-hydrogen) atoms. The molecule has 1 N–H and O–H groups in total. The van der Waals surface area contributed by atoms with Crippen LogP contribution in [0.25, 0.3) is 0 Å². The summed E-state index contributed by atoms with van der Waals surface area (Å²) < 4.78 is 10.8. The summed E-state index contributed by atoms with van der Waals surface area (Å²) in [5.74, 6) is 2.15. The van der Waals surface area contributed by atoms with Crippen molar-refractivity contribution in [3.63, 3.8) is 0 Å². The molecule has 1 heterocycles. The van der Waals surface area contributed by atoms with E-state index in [-0.39, 0.29) is 0 Å². The van der Waals surface area contributed by atoms with Gasteiger partial charge in [-0.05, 0) is 13.8 Å². The summed E-state index contributed by atoms with van der Waals surface area (Å²) in [5.41, 5.74) is 0. The number of nitrogens with zero attached hydrogens (tertiary/aromatic N) is 3. The molecule has 0 radical (unpaired) electrons. The summed E-state index contributed by atoms with van der Waals surface area (Å²) in [6, 6.07) is 0. The number of aromatic nitrogens is 2. The fourth-order valence-corrected chi connectivity index (χ4v) is 1.69. The van der Waals surface area contributed by atoms with Crippen molar-refractivity contribution in [3.05, 3.63) is 6.33 Å². The molecule has 6 nitrogen and oxygen atoms in total. The van der Waals surface area contributed by atoms with E-state index in [1.807, 2.05) is 14.0 Å². The molecule has 0 bridgehead atoms. The van der Waals surface area contributed by atoms with Crippen molar-refractivity contribution in [2.75, 3.05) is 50.7 Å². The lowest BCUT2D eigenvalue weighted by atomic mass is 10.4. The van der Waals surface area contributed by atoms with Crippen molar-refractivity contribution in [2.24, 2.45) is 0 Å². The maximum Gasteiger partial charge on any atom is 0.204 e. The SMILES string of the molecule is CCOCCN(CC)c1ncnc(NC)c1OC. The Morgan fingerprint density at radius 2 is 2.11 bits per heavy atom. The van der Waals surface area contributed by atoms with Gasteiger partial charge in [0, 0.05) is 26.7 Å². The predicted molar refractivity (Wildman–Crippen MR) is 72.5 cm³/mol. The minimum absolute atomic E-state index is 0.665. The zero-order valence-electron chi connectivity index (χ0n) is 11.6. The smallest absolute Gasteiger partial charge is 0.204 e. The van der Waals surface area contributed by atoms with E-state index < -0.39 is 0 Å². The van der Waals surface area contributed by atoms with Gasteiger partial charge >= 0.3 is 0 Å². The highest BCUT2D eigenvalue weighted by molar-refractivity contribution is 5.64. The third-order valence-electron chi connectivity index (χ3n) is 2.62. The number of likely N-dealkylation sites (N-methyl/N-ethyl adjacent to an activating group) is 1. The van der Waals surface area contributed by atoms with Gasteiger partial charge in [-0.3, -0.25) is 0 Å². The first kappa shape index (κ1) is 14.5. The maximum atomic E-state index is 5.39. The lowest BCUT2D eigenvalue weighted by Crippen LogP contribution is -2.28. The second-order valence-electron chi connectivity index (χ2n) is 3.61. The average molecular weight is 254 g/mol. The Kier molecular flexibility index (Phi) is 6.21. The standard InChI is InChI=1S/C12H22N4O2/c1-5-16(7-8-18-6-2)12-10(17-4)11(13-3)14-9-15-12/h9H,5-8H2,1-4H3,(H,13,14,15). The number of hydrogen-bond donors (Lipinski definition) is 1. The van der Waals surface area contributed by atoms with Gasteiger partial charge in [-0.1, -0.05) is 0 Å². The second-order valence-corrected chi connectivity index (χ2v) is 3.61. The molecule has 102 valence electrons. The van der Waals surface area contributed by atoms with Crippen LogP contribution in [0.2, 0.25) is 0 Å². The number of nitrogens with one attached hydrogen (secondary N) is 1. The molecular weight excluding hydrogens is 232 g/mol. The number of methoxy groups -OCH3 is 1. The summed E-state index contributed by atoms with van der Waals surface area (Å²) in [6.45, 7) is 7.07. The first-order chi connectivity index (χ1) is 8.78. The van der Waals surface area contributed by atoms with Crippen LogP contribution in [0, 0.1) is 0 Å². The van der Waals surface area contributed by atoms with Gasteiger partial charge in [0.2, 0.25) is 5.75 Å². The van der Waals surface area contributed by atoms with E-state index in [1.165, 1.54) is 6.33 Å². The number of anilines is 2. The quantitative estimate of drug-likeness (QED) is 0.707. The summed E-state index contributed by atoms with van der Waals surface area (Å²) in [5, 5.41) is 3.00. The van der Waals surface area contributed by atoms with Gasteiger partial charge in [0.05, 0.1) is 13.7 Å². The Balaban J connectivity index is 2.90. The van der Waals surface area contributed by atoms with E-state index >= 15 is 0 Å².